The fourth-order valence-corrected chi connectivity index (χ4v) is 13.2. The molecule has 0 amide bonds. The molecular weight excluding hydrogens is 438 g/mol. The van der Waals surface area contributed by atoms with E-state index in [-0.39, 0.29) is 5.97 Å². The maximum atomic E-state index is 12.4. The highest BCUT2D eigenvalue weighted by atomic mass is 35.7. The number of halogens is 4. The van der Waals surface area contributed by atoms with Crippen LogP contribution in [0.1, 0.15) is 47.0 Å². The van der Waals surface area contributed by atoms with Crippen molar-refractivity contribution in [1.29, 1.82) is 0 Å². The highest BCUT2D eigenvalue weighted by Gasteiger charge is 2.46. The molecule has 0 spiro atoms. The van der Waals surface area contributed by atoms with E-state index >= 15 is 0 Å². The predicted molar refractivity (Wildman–Crippen MR) is 117 cm³/mol. The smallest absolute Gasteiger partial charge is 0.292 e. The molecule has 0 radical (unpaired) electrons. The average molecular weight is 470 g/mol. The third-order valence-electron chi connectivity index (χ3n) is 4.46. The van der Waals surface area contributed by atoms with Crippen molar-refractivity contribution < 1.29 is 9.22 Å². The summed E-state index contributed by atoms with van der Waals surface area (Å²) in [7, 11) is -2.25. The molecule has 0 N–H and O–H groups in total. The molecule has 0 unspecified atom stereocenters. The van der Waals surface area contributed by atoms with Crippen molar-refractivity contribution in [1.82, 2.24) is 0 Å². The first-order valence-electron chi connectivity index (χ1n) is 8.67. The molecule has 2 nitrogen and oxygen atoms in total. The van der Waals surface area contributed by atoms with Gasteiger partial charge in [-0.15, -0.1) is 44.3 Å². The van der Waals surface area contributed by atoms with Gasteiger partial charge in [-0.1, -0.05) is 34.1 Å². The molecule has 0 aromatic heterocycles. The summed E-state index contributed by atoms with van der Waals surface area (Å²) in [6, 6.07) is 2.43. The van der Waals surface area contributed by atoms with Crippen LogP contribution in [0.5, 0.6) is 0 Å². The SMILES string of the molecule is CC(C)[Si](CC[Si](C)(Cl)Cl)(OC(=O)CCCC[Si](C)(Cl)Cl)C(C)C. The van der Waals surface area contributed by atoms with Gasteiger partial charge >= 0.3 is 0 Å². The van der Waals surface area contributed by atoms with Crippen LogP contribution in [0.3, 0.4) is 0 Å². The molecule has 0 aliphatic rings. The Morgan fingerprint density at radius 2 is 1.29 bits per heavy atom. The molecule has 0 aromatic rings. The minimum Gasteiger partial charge on any atom is -0.519 e. The number of carbonyl (C=O) groups is 1. The molecule has 0 fully saturated rings. The van der Waals surface area contributed by atoms with Gasteiger partial charge in [-0.3, -0.25) is 4.79 Å². The lowest BCUT2D eigenvalue weighted by atomic mass is 10.2. The van der Waals surface area contributed by atoms with Crippen LogP contribution in [0.2, 0.25) is 42.3 Å². The first-order chi connectivity index (χ1) is 10.7. The van der Waals surface area contributed by atoms with Crippen LogP contribution >= 0.6 is 44.3 Å². The largest absolute Gasteiger partial charge is 0.519 e. The van der Waals surface area contributed by atoms with Crippen LogP contribution in [-0.2, 0) is 9.22 Å². The van der Waals surface area contributed by atoms with Gasteiger partial charge in [0.15, 0.2) is 0 Å². The van der Waals surface area contributed by atoms with E-state index in [4.69, 9.17) is 48.7 Å². The van der Waals surface area contributed by atoms with E-state index in [0.717, 1.165) is 31.0 Å². The number of unbranched alkanes of at least 4 members (excludes halogenated alkanes) is 1. The van der Waals surface area contributed by atoms with Crippen LogP contribution < -0.4 is 0 Å². The maximum absolute atomic E-state index is 12.4. The fourth-order valence-electron chi connectivity index (χ4n) is 2.91. The first kappa shape index (κ1) is 25.3. The Hall–Kier alpha value is 1.28. The number of hydrogen-bond acceptors (Lipinski definition) is 2. The van der Waals surface area contributed by atoms with E-state index < -0.39 is 21.7 Å². The normalized spacial score (nSPS) is 13.7. The van der Waals surface area contributed by atoms with Crippen molar-refractivity contribution in [3.8, 4) is 0 Å². The molecular formula is C15H32Cl4O2Si3. The molecule has 0 aliphatic heterocycles. The minimum atomic E-state index is -2.25. The molecule has 0 saturated carbocycles. The molecule has 0 saturated heterocycles. The van der Waals surface area contributed by atoms with E-state index in [1.807, 2.05) is 13.1 Å². The van der Waals surface area contributed by atoms with Crippen LogP contribution in [0.4, 0.5) is 0 Å². The summed E-state index contributed by atoms with van der Waals surface area (Å²) >= 11 is 24.8. The highest BCUT2D eigenvalue weighted by Crippen LogP contribution is 2.41. The van der Waals surface area contributed by atoms with Gasteiger partial charge in [-0.05, 0) is 48.7 Å². The zero-order chi connectivity index (χ0) is 19.2. The Bertz CT molecular complexity index is 385. The average Bonchev–Trinajstić information content (AvgIpc) is 2.36. The van der Waals surface area contributed by atoms with E-state index in [9.17, 15) is 4.79 Å². The molecule has 0 atom stereocenters. The Morgan fingerprint density at radius 3 is 1.67 bits per heavy atom. The number of rotatable bonds is 11. The van der Waals surface area contributed by atoms with Crippen molar-refractivity contribution in [3.05, 3.63) is 0 Å². The Labute approximate surface area is 169 Å². The topological polar surface area (TPSA) is 26.3 Å². The summed E-state index contributed by atoms with van der Waals surface area (Å²) in [4.78, 5) is 12.4. The fraction of sp³-hybridized carbons (Fsp3) is 0.933. The molecule has 9 heteroatoms. The molecule has 0 aliphatic carbocycles. The van der Waals surface area contributed by atoms with Gasteiger partial charge in [0.2, 0.25) is 13.4 Å². The Balaban J connectivity index is 4.78. The van der Waals surface area contributed by atoms with Crippen LogP contribution in [0, 0.1) is 0 Å². The van der Waals surface area contributed by atoms with Crippen molar-refractivity contribution in [2.45, 2.75) is 89.3 Å². The summed E-state index contributed by atoms with van der Waals surface area (Å²) in [5.74, 6) is -0.0934. The van der Waals surface area contributed by atoms with Crippen LogP contribution in [0.15, 0.2) is 0 Å². The summed E-state index contributed by atoms with van der Waals surface area (Å²) in [6.07, 6.45) is 2.08. The van der Waals surface area contributed by atoms with Crippen molar-refractivity contribution in [2.75, 3.05) is 0 Å². The second kappa shape index (κ2) is 10.6. The van der Waals surface area contributed by atoms with Gasteiger partial charge in [0.25, 0.3) is 14.3 Å². The number of carbonyl (C=O) groups excluding carboxylic acids is 1. The summed E-state index contributed by atoms with van der Waals surface area (Å²) in [6.45, 7) is 8.17. The van der Waals surface area contributed by atoms with Gasteiger partial charge in [-0.2, -0.15) is 0 Å². The lowest BCUT2D eigenvalue weighted by Gasteiger charge is -2.38. The van der Waals surface area contributed by atoms with Gasteiger partial charge in [-0.25, -0.2) is 0 Å². The lowest BCUT2D eigenvalue weighted by Crippen LogP contribution is -2.47. The highest BCUT2D eigenvalue weighted by molar-refractivity contribution is 7.45. The quantitative estimate of drug-likeness (QED) is 0.177. The maximum Gasteiger partial charge on any atom is 0.292 e. The zero-order valence-corrected chi connectivity index (χ0v) is 21.7. The number of hydrogen-bond donors (Lipinski definition) is 0. The standard InChI is InChI=1S/C15H32Cl4O2Si3/c1-13(2)24(14(3)4,12-11-23(6,18)19)21-15(20)9-7-8-10-22(5,16)17/h13-14H,7-12H2,1-6H3. The summed E-state index contributed by atoms with van der Waals surface area (Å²) in [5.41, 5.74) is 0.681. The van der Waals surface area contributed by atoms with E-state index in [1.165, 1.54) is 0 Å². The molecule has 24 heavy (non-hydrogen) atoms. The van der Waals surface area contributed by atoms with Crippen LogP contribution in [0.25, 0.3) is 0 Å². The predicted octanol–water partition coefficient (Wildman–Crippen LogP) is 7.56. The van der Waals surface area contributed by atoms with Gasteiger partial charge in [0, 0.05) is 6.42 Å². The second-order valence-electron chi connectivity index (χ2n) is 7.59. The van der Waals surface area contributed by atoms with Gasteiger partial charge < -0.3 is 4.43 Å². The third kappa shape index (κ3) is 10.4. The summed E-state index contributed by atoms with van der Waals surface area (Å²) < 4.78 is 6.14. The van der Waals surface area contributed by atoms with E-state index in [2.05, 4.69) is 27.7 Å². The Kier molecular flexibility index (Phi) is 11.1. The van der Waals surface area contributed by atoms with Gasteiger partial charge in [0.05, 0.1) is 0 Å². The molecule has 0 rings (SSSR count). The van der Waals surface area contributed by atoms with Gasteiger partial charge in [0.1, 0.15) is 0 Å². The molecule has 0 heterocycles. The van der Waals surface area contributed by atoms with Crippen molar-refractivity contribution in [2.24, 2.45) is 0 Å². The van der Waals surface area contributed by atoms with E-state index in [0.29, 0.717) is 17.5 Å². The van der Waals surface area contributed by atoms with Crippen LogP contribution in [-0.4, -0.2) is 27.7 Å². The monoisotopic (exact) mass is 468 g/mol. The first-order valence-corrected chi connectivity index (χ1v) is 20.4. The zero-order valence-electron chi connectivity index (χ0n) is 15.7. The van der Waals surface area contributed by atoms with Crippen molar-refractivity contribution in [3.63, 3.8) is 0 Å². The molecule has 144 valence electrons. The second-order valence-corrected chi connectivity index (χ2v) is 29.0. The lowest BCUT2D eigenvalue weighted by molar-refractivity contribution is -0.135. The molecule has 0 bridgehead atoms. The third-order valence-corrected chi connectivity index (χ3v) is 15.1. The molecule has 0 aromatic carbocycles. The van der Waals surface area contributed by atoms with E-state index in [1.54, 1.807) is 0 Å². The minimum absolute atomic E-state index is 0.0934. The Morgan fingerprint density at radius 1 is 0.833 bits per heavy atom. The van der Waals surface area contributed by atoms with Crippen molar-refractivity contribution >= 4 is 72.0 Å². The summed E-state index contributed by atoms with van der Waals surface area (Å²) in [5, 5.41) is 0.